The van der Waals surface area contributed by atoms with Crippen LogP contribution in [0, 0.1) is 0 Å². The monoisotopic (exact) mass is 235 g/mol. The topological polar surface area (TPSA) is 38.3 Å². The first-order chi connectivity index (χ1) is 7.87. The predicted molar refractivity (Wildman–Crippen MR) is 69.0 cm³/mol. The van der Waals surface area contributed by atoms with Gasteiger partial charge in [-0.15, -0.1) is 0 Å². The van der Waals surface area contributed by atoms with E-state index in [0.717, 1.165) is 6.42 Å². The quantitative estimate of drug-likeness (QED) is 0.874. The van der Waals surface area contributed by atoms with E-state index in [1.807, 2.05) is 58.0 Å². The third-order valence-electron chi connectivity index (χ3n) is 2.15. The van der Waals surface area contributed by atoms with Crippen molar-refractivity contribution < 1.29 is 9.53 Å². The smallest absolute Gasteiger partial charge is 0.407 e. The van der Waals surface area contributed by atoms with E-state index >= 15 is 0 Å². The average molecular weight is 235 g/mol. The summed E-state index contributed by atoms with van der Waals surface area (Å²) in [6, 6.07) is 10.1. The molecule has 0 unspecified atom stereocenters. The third-order valence-corrected chi connectivity index (χ3v) is 2.15. The molecular weight excluding hydrogens is 214 g/mol. The normalized spacial score (nSPS) is 12.9. The highest BCUT2D eigenvalue weighted by Crippen LogP contribution is 2.08. The van der Waals surface area contributed by atoms with Crippen LogP contribution in [0.3, 0.4) is 0 Å². The maximum Gasteiger partial charge on any atom is 0.407 e. The molecule has 0 aromatic heterocycles. The average Bonchev–Trinajstić information content (AvgIpc) is 2.15. The van der Waals surface area contributed by atoms with Crippen LogP contribution in [0.25, 0.3) is 0 Å². The summed E-state index contributed by atoms with van der Waals surface area (Å²) in [7, 11) is 0. The maximum atomic E-state index is 11.5. The Balaban J connectivity index is 2.40. The van der Waals surface area contributed by atoms with Crippen molar-refractivity contribution in [3.05, 3.63) is 35.9 Å². The Kier molecular flexibility index (Phi) is 4.55. The number of carbonyl (C=O) groups is 1. The highest BCUT2D eigenvalue weighted by Gasteiger charge is 2.17. The second-order valence-corrected chi connectivity index (χ2v) is 5.24. The number of hydrogen-bond donors (Lipinski definition) is 1. The molecule has 0 spiro atoms. The lowest BCUT2D eigenvalue weighted by Crippen LogP contribution is -2.38. The lowest BCUT2D eigenvalue weighted by Gasteiger charge is -2.22. The molecule has 0 fully saturated rings. The molecular formula is C14H21NO2. The van der Waals surface area contributed by atoms with Gasteiger partial charge in [0.1, 0.15) is 5.60 Å². The molecule has 0 aliphatic carbocycles. The lowest BCUT2D eigenvalue weighted by molar-refractivity contribution is 0.0508. The van der Waals surface area contributed by atoms with E-state index in [1.54, 1.807) is 0 Å². The number of hydrogen-bond acceptors (Lipinski definition) is 2. The third kappa shape index (κ3) is 5.95. The van der Waals surface area contributed by atoms with Crippen LogP contribution in [0.15, 0.2) is 30.3 Å². The summed E-state index contributed by atoms with van der Waals surface area (Å²) in [4.78, 5) is 11.5. The van der Waals surface area contributed by atoms with Crippen molar-refractivity contribution in [2.75, 3.05) is 0 Å². The summed E-state index contributed by atoms with van der Waals surface area (Å²) in [5.74, 6) is 0. The van der Waals surface area contributed by atoms with Crippen LogP contribution in [0.4, 0.5) is 4.79 Å². The number of alkyl carbamates (subject to hydrolysis) is 1. The molecule has 1 atom stereocenters. The molecule has 1 aromatic carbocycles. The van der Waals surface area contributed by atoms with Crippen LogP contribution >= 0.6 is 0 Å². The van der Waals surface area contributed by atoms with Crippen LogP contribution < -0.4 is 5.32 Å². The SMILES string of the molecule is C[C@@H](Cc1ccccc1)NC(=O)OC(C)(C)C. The minimum atomic E-state index is -0.448. The lowest BCUT2D eigenvalue weighted by atomic mass is 10.1. The number of amides is 1. The molecule has 1 rings (SSSR count). The molecule has 3 nitrogen and oxygen atoms in total. The van der Waals surface area contributed by atoms with Gasteiger partial charge in [-0.1, -0.05) is 30.3 Å². The van der Waals surface area contributed by atoms with Crippen molar-refractivity contribution in [1.29, 1.82) is 0 Å². The molecule has 0 aliphatic heterocycles. The van der Waals surface area contributed by atoms with Crippen LogP contribution in [0.1, 0.15) is 33.3 Å². The summed E-state index contributed by atoms with van der Waals surface area (Å²) in [5, 5.41) is 2.82. The number of ether oxygens (including phenoxy) is 1. The zero-order valence-corrected chi connectivity index (χ0v) is 11.0. The van der Waals surface area contributed by atoms with Gasteiger partial charge in [-0.3, -0.25) is 0 Å². The molecule has 0 saturated carbocycles. The van der Waals surface area contributed by atoms with E-state index in [-0.39, 0.29) is 12.1 Å². The Hall–Kier alpha value is -1.51. The highest BCUT2D eigenvalue weighted by molar-refractivity contribution is 5.68. The first-order valence-corrected chi connectivity index (χ1v) is 5.90. The summed E-state index contributed by atoms with van der Waals surface area (Å²) in [6.07, 6.45) is 0.445. The van der Waals surface area contributed by atoms with Crippen LogP contribution in [0.5, 0.6) is 0 Å². The minimum absolute atomic E-state index is 0.0623. The van der Waals surface area contributed by atoms with Crippen molar-refractivity contribution in [3.8, 4) is 0 Å². The van der Waals surface area contributed by atoms with E-state index in [1.165, 1.54) is 5.56 Å². The van der Waals surface area contributed by atoms with Gasteiger partial charge in [0.15, 0.2) is 0 Å². The molecule has 94 valence electrons. The Morgan fingerprint density at radius 1 is 1.29 bits per heavy atom. The van der Waals surface area contributed by atoms with Crippen LogP contribution in [-0.2, 0) is 11.2 Å². The Morgan fingerprint density at radius 2 is 1.88 bits per heavy atom. The van der Waals surface area contributed by atoms with Crippen molar-refractivity contribution >= 4 is 6.09 Å². The zero-order chi connectivity index (χ0) is 12.9. The second kappa shape index (κ2) is 5.71. The Morgan fingerprint density at radius 3 is 2.41 bits per heavy atom. The minimum Gasteiger partial charge on any atom is -0.444 e. The highest BCUT2D eigenvalue weighted by atomic mass is 16.6. The van der Waals surface area contributed by atoms with Gasteiger partial charge in [0, 0.05) is 6.04 Å². The van der Waals surface area contributed by atoms with Gasteiger partial charge in [-0.2, -0.15) is 0 Å². The number of nitrogens with one attached hydrogen (secondary N) is 1. The van der Waals surface area contributed by atoms with Crippen molar-refractivity contribution in [3.63, 3.8) is 0 Å². The van der Waals surface area contributed by atoms with Gasteiger partial charge in [0.25, 0.3) is 0 Å². The number of rotatable bonds is 3. The molecule has 0 saturated heterocycles. The van der Waals surface area contributed by atoms with E-state index in [4.69, 9.17) is 4.74 Å². The van der Waals surface area contributed by atoms with Crippen LogP contribution in [0.2, 0.25) is 0 Å². The summed E-state index contributed by atoms with van der Waals surface area (Å²) >= 11 is 0. The Bertz CT molecular complexity index is 354. The van der Waals surface area contributed by atoms with Gasteiger partial charge in [0.2, 0.25) is 0 Å². The van der Waals surface area contributed by atoms with Crippen LogP contribution in [-0.4, -0.2) is 17.7 Å². The number of carbonyl (C=O) groups excluding carboxylic acids is 1. The number of benzene rings is 1. The summed E-state index contributed by atoms with van der Waals surface area (Å²) < 4.78 is 5.20. The largest absolute Gasteiger partial charge is 0.444 e. The van der Waals surface area contributed by atoms with E-state index in [2.05, 4.69) is 5.32 Å². The molecule has 1 aromatic rings. The van der Waals surface area contributed by atoms with Gasteiger partial charge in [-0.25, -0.2) is 4.79 Å². The Labute approximate surface area is 103 Å². The molecule has 1 N–H and O–H groups in total. The fourth-order valence-corrected chi connectivity index (χ4v) is 1.53. The van der Waals surface area contributed by atoms with Gasteiger partial charge >= 0.3 is 6.09 Å². The molecule has 3 heteroatoms. The standard InChI is InChI=1S/C14H21NO2/c1-11(10-12-8-6-5-7-9-12)15-13(16)17-14(2,3)4/h5-9,11H,10H2,1-4H3,(H,15,16)/t11-/m0/s1. The van der Waals surface area contributed by atoms with Crippen molar-refractivity contribution in [2.24, 2.45) is 0 Å². The second-order valence-electron chi connectivity index (χ2n) is 5.24. The van der Waals surface area contributed by atoms with Crippen molar-refractivity contribution in [1.82, 2.24) is 5.32 Å². The van der Waals surface area contributed by atoms with E-state index < -0.39 is 5.60 Å². The molecule has 0 bridgehead atoms. The maximum absolute atomic E-state index is 11.5. The van der Waals surface area contributed by atoms with Gasteiger partial charge in [-0.05, 0) is 39.7 Å². The first-order valence-electron chi connectivity index (χ1n) is 5.90. The fraction of sp³-hybridized carbons (Fsp3) is 0.500. The van der Waals surface area contributed by atoms with Gasteiger partial charge < -0.3 is 10.1 Å². The predicted octanol–water partition coefficient (Wildman–Crippen LogP) is 3.14. The summed E-state index contributed by atoms with van der Waals surface area (Å²) in [5.41, 5.74) is 0.757. The van der Waals surface area contributed by atoms with E-state index in [9.17, 15) is 4.79 Å². The zero-order valence-electron chi connectivity index (χ0n) is 11.0. The van der Waals surface area contributed by atoms with E-state index in [0.29, 0.717) is 0 Å². The summed E-state index contributed by atoms with van der Waals surface area (Å²) in [6.45, 7) is 7.54. The van der Waals surface area contributed by atoms with Crippen molar-refractivity contribution in [2.45, 2.75) is 45.8 Å². The van der Waals surface area contributed by atoms with Gasteiger partial charge in [0.05, 0.1) is 0 Å². The molecule has 1 amide bonds. The molecule has 0 aliphatic rings. The first kappa shape index (κ1) is 13.6. The fourth-order valence-electron chi connectivity index (χ4n) is 1.53. The molecule has 0 heterocycles. The molecule has 17 heavy (non-hydrogen) atoms. The molecule has 0 radical (unpaired) electrons.